The van der Waals surface area contributed by atoms with Gasteiger partial charge in [-0.2, -0.15) is 0 Å². The van der Waals surface area contributed by atoms with Crippen molar-refractivity contribution in [3.8, 4) is 0 Å². The quantitative estimate of drug-likeness (QED) is 0.637. The van der Waals surface area contributed by atoms with E-state index < -0.39 is 0 Å². The highest BCUT2D eigenvalue weighted by Gasteiger charge is 2.22. The molecule has 2 amide bonds. The Hall–Kier alpha value is -0.500. The Bertz CT molecular complexity index is 327. The fourth-order valence-electron chi connectivity index (χ4n) is 2.23. The van der Waals surface area contributed by atoms with Crippen LogP contribution in [0.3, 0.4) is 0 Å². The molecule has 0 unspecified atom stereocenters. The molecule has 6 nitrogen and oxygen atoms in total. The molecule has 8 heteroatoms. The highest BCUT2D eigenvalue weighted by molar-refractivity contribution is 8.00. The molecule has 0 spiro atoms. The second-order valence-corrected chi connectivity index (χ2v) is 5.82. The molecule has 0 radical (unpaired) electrons. The van der Waals surface area contributed by atoms with E-state index in [0.717, 1.165) is 39.1 Å². The van der Waals surface area contributed by atoms with Crippen LogP contribution in [0.25, 0.3) is 0 Å². The smallest absolute Gasteiger partial charge is 0.239 e. The molecule has 2 N–H and O–H groups in total. The topological polar surface area (TPSA) is 64.7 Å². The summed E-state index contributed by atoms with van der Waals surface area (Å²) < 4.78 is 0. The Labute approximate surface area is 130 Å². The van der Waals surface area contributed by atoms with Gasteiger partial charge in [-0.3, -0.25) is 9.59 Å². The van der Waals surface area contributed by atoms with Crippen molar-refractivity contribution in [3.63, 3.8) is 0 Å². The molecule has 2 rings (SSSR count). The van der Waals surface area contributed by atoms with Crippen LogP contribution in [0.15, 0.2) is 0 Å². The third kappa shape index (κ3) is 5.87. The number of hydrogen-bond donors (Lipinski definition) is 2. The van der Waals surface area contributed by atoms with Crippen LogP contribution >= 0.6 is 24.2 Å². The van der Waals surface area contributed by atoms with Gasteiger partial charge in [0.1, 0.15) is 6.54 Å². The van der Waals surface area contributed by atoms with E-state index in [4.69, 9.17) is 0 Å². The minimum atomic E-state index is -0.0452. The lowest BCUT2D eigenvalue weighted by Crippen LogP contribution is -2.44. The molecular formula is C12H23ClN4O2S. The zero-order chi connectivity index (χ0) is 13.5. The standard InChI is InChI=1S/C12H22N4O2S.ClH/c17-11(8-16-10-19-9-12(16)18)14-2-1-5-15-6-3-13-4-7-15;/h13H,1-10H2,(H,14,17);1H. The van der Waals surface area contributed by atoms with Crippen LogP contribution in [0, 0.1) is 0 Å². The Morgan fingerprint density at radius 3 is 2.75 bits per heavy atom. The van der Waals surface area contributed by atoms with Crippen molar-refractivity contribution in [2.24, 2.45) is 0 Å². The number of halogens is 1. The van der Waals surface area contributed by atoms with Gasteiger partial charge in [0.15, 0.2) is 0 Å². The summed E-state index contributed by atoms with van der Waals surface area (Å²) in [5.74, 6) is 1.18. The Kier molecular flexibility index (Phi) is 8.28. The maximum atomic E-state index is 11.7. The van der Waals surface area contributed by atoms with E-state index in [1.807, 2.05) is 0 Å². The van der Waals surface area contributed by atoms with Crippen molar-refractivity contribution < 1.29 is 9.59 Å². The van der Waals surface area contributed by atoms with E-state index in [1.165, 1.54) is 0 Å². The average molecular weight is 323 g/mol. The summed E-state index contributed by atoms with van der Waals surface area (Å²) in [5, 5.41) is 6.20. The van der Waals surface area contributed by atoms with Gasteiger partial charge in [-0.1, -0.05) is 0 Å². The van der Waals surface area contributed by atoms with E-state index in [1.54, 1.807) is 16.7 Å². The van der Waals surface area contributed by atoms with Crippen LogP contribution < -0.4 is 10.6 Å². The summed E-state index contributed by atoms with van der Waals surface area (Å²) in [6.45, 7) is 6.22. The molecule has 20 heavy (non-hydrogen) atoms. The summed E-state index contributed by atoms with van der Waals surface area (Å²) in [5.41, 5.74) is 0. The zero-order valence-corrected chi connectivity index (χ0v) is 13.2. The van der Waals surface area contributed by atoms with E-state index >= 15 is 0 Å². The number of thioether (sulfide) groups is 1. The third-order valence-corrected chi connectivity index (χ3v) is 4.29. The Balaban J connectivity index is 0.00000200. The lowest BCUT2D eigenvalue weighted by atomic mass is 10.3. The maximum absolute atomic E-state index is 11.7. The van der Waals surface area contributed by atoms with Gasteiger partial charge in [0.2, 0.25) is 11.8 Å². The van der Waals surface area contributed by atoms with Gasteiger partial charge in [0.05, 0.1) is 11.6 Å². The zero-order valence-electron chi connectivity index (χ0n) is 11.6. The lowest BCUT2D eigenvalue weighted by molar-refractivity contribution is -0.132. The largest absolute Gasteiger partial charge is 0.355 e. The van der Waals surface area contributed by atoms with Crippen molar-refractivity contribution in [2.75, 3.05) is 57.4 Å². The lowest BCUT2D eigenvalue weighted by Gasteiger charge is -2.27. The number of nitrogens with zero attached hydrogens (tertiary/aromatic N) is 2. The van der Waals surface area contributed by atoms with E-state index in [2.05, 4.69) is 15.5 Å². The number of amides is 2. The first-order chi connectivity index (χ1) is 9.25. The minimum Gasteiger partial charge on any atom is -0.355 e. The third-order valence-electron chi connectivity index (χ3n) is 3.34. The number of piperazine rings is 1. The fourth-order valence-corrected chi connectivity index (χ4v) is 3.14. The summed E-state index contributed by atoms with van der Waals surface area (Å²) in [6.07, 6.45) is 0.967. The molecule has 0 aromatic carbocycles. The Morgan fingerprint density at radius 2 is 2.10 bits per heavy atom. The van der Waals surface area contributed by atoms with Gasteiger partial charge >= 0.3 is 0 Å². The number of carbonyl (C=O) groups is 2. The first-order valence-electron chi connectivity index (χ1n) is 6.81. The molecular weight excluding hydrogens is 300 g/mol. The second-order valence-electron chi connectivity index (χ2n) is 4.86. The van der Waals surface area contributed by atoms with Crippen molar-refractivity contribution >= 4 is 36.0 Å². The van der Waals surface area contributed by atoms with E-state index in [9.17, 15) is 9.59 Å². The minimum absolute atomic E-state index is 0. The van der Waals surface area contributed by atoms with Crippen LogP contribution in [-0.2, 0) is 9.59 Å². The van der Waals surface area contributed by atoms with Crippen LogP contribution in [0.1, 0.15) is 6.42 Å². The number of rotatable bonds is 6. The summed E-state index contributed by atoms with van der Waals surface area (Å²) in [4.78, 5) is 27.0. The first kappa shape index (κ1) is 17.6. The predicted octanol–water partition coefficient (Wildman–Crippen LogP) is -0.647. The first-order valence-corrected chi connectivity index (χ1v) is 7.96. The average Bonchev–Trinajstić information content (AvgIpc) is 2.82. The molecule has 0 aromatic rings. The molecule has 2 aliphatic heterocycles. The molecule has 0 aromatic heterocycles. The number of nitrogens with one attached hydrogen (secondary N) is 2. The normalized spacial score (nSPS) is 19.8. The van der Waals surface area contributed by atoms with Crippen LogP contribution in [0.5, 0.6) is 0 Å². The maximum Gasteiger partial charge on any atom is 0.239 e. The van der Waals surface area contributed by atoms with Crippen molar-refractivity contribution in [1.29, 1.82) is 0 Å². The highest BCUT2D eigenvalue weighted by Crippen LogP contribution is 2.13. The van der Waals surface area contributed by atoms with E-state index in [-0.39, 0.29) is 30.8 Å². The molecule has 2 heterocycles. The fraction of sp³-hybridized carbons (Fsp3) is 0.833. The molecule has 0 bridgehead atoms. The van der Waals surface area contributed by atoms with Gasteiger partial charge in [0, 0.05) is 32.7 Å². The summed E-state index contributed by atoms with van der Waals surface area (Å²) in [7, 11) is 0. The van der Waals surface area contributed by atoms with Gasteiger partial charge in [-0.05, 0) is 13.0 Å². The summed E-state index contributed by atoms with van der Waals surface area (Å²) >= 11 is 1.56. The molecule has 0 atom stereocenters. The highest BCUT2D eigenvalue weighted by atomic mass is 35.5. The van der Waals surface area contributed by atoms with Gasteiger partial charge < -0.3 is 20.4 Å². The summed E-state index contributed by atoms with van der Waals surface area (Å²) in [6, 6.07) is 0. The Morgan fingerprint density at radius 1 is 1.35 bits per heavy atom. The van der Waals surface area contributed by atoms with Gasteiger partial charge in [-0.15, -0.1) is 24.2 Å². The van der Waals surface area contributed by atoms with Crippen LogP contribution in [-0.4, -0.2) is 79.1 Å². The van der Waals surface area contributed by atoms with Gasteiger partial charge in [0.25, 0.3) is 0 Å². The second kappa shape index (κ2) is 9.44. The molecule has 2 aliphatic rings. The monoisotopic (exact) mass is 322 g/mol. The molecule has 2 saturated heterocycles. The predicted molar refractivity (Wildman–Crippen MR) is 83.2 cm³/mol. The SMILES string of the molecule is Cl.O=C(CN1CSCC1=O)NCCCN1CCNCC1. The van der Waals surface area contributed by atoms with Crippen molar-refractivity contribution in [1.82, 2.24) is 20.4 Å². The number of carbonyl (C=O) groups excluding carboxylic acids is 2. The van der Waals surface area contributed by atoms with Crippen molar-refractivity contribution in [3.05, 3.63) is 0 Å². The number of hydrogen-bond acceptors (Lipinski definition) is 5. The molecule has 0 aliphatic carbocycles. The van der Waals surface area contributed by atoms with Crippen molar-refractivity contribution in [2.45, 2.75) is 6.42 Å². The molecule has 2 fully saturated rings. The van der Waals surface area contributed by atoms with Gasteiger partial charge in [-0.25, -0.2) is 0 Å². The molecule has 0 saturated carbocycles. The van der Waals surface area contributed by atoms with Crippen LogP contribution in [0.2, 0.25) is 0 Å². The van der Waals surface area contributed by atoms with E-state index in [0.29, 0.717) is 18.2 Å². The van der Waals surface area contributed by atoms with Crippen LogP contribution in [0.4, 0.5) is 0 Å². The molecule has 116 valence electrons.